The van der Waals surface area contributed by atoms with Crippen molar-refractivity contribution in [3.05, 3.63) is 75.2 Å². The summed E-state index contributed by atoms with van der Waals surface area (Å²) in [6.07, 6.45) is 0. The summed E-state index contributed by atoms with van der Waals surface area (Å²) in [5, 5.41) is 12.4. The third kappa shape index (κ3) is 3.97. The predicted octanol–water partition coefficient (Wildman–Crippen LogP) is 5.41. The van der Waals surface area contributed by atoms with Crippen molar-refractivity contribution in [1.82, 2.24) is 15.0 Å². The van der Waals surface area contributed by atoms with Gasteiger partial charge in [0.1, 0.15) is 16.8 Å². The average molecular weight is 472 g/mol. The standard InChI is InChI=1S/C21H16BrClN4O2/c1-12-9-19-20(26-27(25-19)14-4-6-15(29-2)7-5-14)11-18(12)24-21(28)16-10-13(22)3-8-17(16)23/h3-11H,1-2H3,(H,24,28). The van der Waals surface area contributed by atoms with E-state index in [1.165, 1.54) is 0 Å². The van der Waals surface area contributed by atoms with Crippen molar-refractivity contribution >= 4 is 50.2 Å². The SMILES string of the molecule is COc1ccc(-n2nc3cc(C)c(NC(=O)c4cc(Br)ccc4Cl)cc3n2)cc1. The summed E-state index contributed by atoms with van der Waals surface area (Å²) < 4.78 is 5.96. The molecule has 1 amide bonds. The Hall–Kier alpha value is -2.90. The number of carbonyl (C=O) groups excluding carboxylic acids is 1. The number of nitrogens with one attached hydrogen (secondary N) is 1. The molecule has 0 aliphatic heterocycles. The third-order valence-electron chi connectivity index (χ3n) is 4.45. The number of hydrogen-bond acceptors (Lipinski definition) is 4. The Kier molecular flexibility index (Phi) is 5.25. The van der Waals surface area contributed by atoms with Gasteiger partial charge in [0.2, 0.25) is 0 Å². The second-order valence-corrected chi connectivity index (χ2v) is 7.74. The Balaban J connectivity index is 1.66. The molecule has 0 saturated carbocycles. The molecule has 0 radical (unpaired) electrons. The lowest BCUT2D eigenvalue weighted by Gasteiger charge is -2.09. The normalized spacial score (nSPS) is 10.9. The molecule has 4 rings (SSSR count). The topological polar surface area (TPSA) is 69.0 Å². The average Bonchev–Trinajstić information content (AvgIpc) is 3.12. The van der Waals surface area contributed by atoms with Crippen molar-refractivity contribution in [3.63, 3.8) is 0 Å². The first-order chi connectivity index (χ1) is 13.9. The minimum atomic E-state index is -0.290. The van der Waals surface area contributed by atoms with Crippen molar-refractivity contribution < 1.29 is 9.53 Å². The van der Waals surface area contributed by atoms with Gasteiger partial charge in [-0.2, -0.15) is 4.80 Å². The number of anilines is 1. The highest BCUT2D eigenvalue weighted by Crippen LogP contribution is 2.26. The molecule has 3 aromatic carbocycles. The number of methoxy groups -OCH3 is 1. The maximum absolute atomic E-state index is 12.7. The Labute approximate surface area is 180 Å². The fraction of sp³-hybridized carbons (Fsp3) is 0.0952. The number of aromatic nitrogens is 3. The van der Waals surface area contributed by atoms with Gasteiger partial charge in [-0.1, -0.05) is 27.5 Å². The van der Waals surface area contributed by atoms with Gasteiger partial charge in [0.25, 0.3) is 5.91 Å². The van der Waals surface area contributed by atoms with Crippen LogP contribution in [0, 0.1) is 6.92 Å². The zero-order valence-electron chi connectivity index (χ0n) is 15.6. The maximum atomic E-state index is 12.7. The molecule has 0 unspecified atom stereocenters. The molecule has 6 nitrogen and oxygen atoms in total. The van der Waals surface area contributed by atoms with E-state index in [1.807, 2.05) is 43.3 Å². The van der Waals surface area contributed by atoms with Crippen LogP contribution >= 0.6 is 27.5 Å². The molecule has 1 heterocycles. The van der Waals surface area contributed by atoms with Gasteiger partial charge in [-0.3, -0.25) is 4.79 Å². The molecule has 0 spiro atoms. The van der Waals surface area contributed by atoms with E-state index in [0.717, 1.165) is 27.0 Å². The monoisotopic (exact) mass is 470 g/mol. The number of nitrogens with zero attached hydrogens (tertiary/aromatic N) is 3. The number of rotatable bonds is 4. The molecule has 1 N–H and O–H groups in total. The largest absolute Gasteiger partial charge is 0.497 e. The summed E-state index contributed by atoms with van der Waals surface area (Å²) in [6, 6.07) is 16.3. The van der Waals surface area contributed by atoms with Crippen LogP contribution in [-0.4, -0.2) is 28.0 Å². The number of aryl methyl sites for hydroxylation is 1. The van der Waals surface area contributed by atoms with Crippen molar-refractivity contribution in [3.8, 4) is 11.4 Å². The van der Waals surface area contributed by atoms with Crippen molar-refractivity contribution in [2.45, 2.75) is 6.92 Å². The summed E-state index contributed by atoms with van der Waals surface area (Å²) in [5.41, 5.74) is 4.13. The van der Waals surface area contributed by atoms with E-state index < -0.39 is 0 Å². The third-order valence-corrected chi connectivity index (χ3v) is 5.27. The summed E-state index contributed by atoms with van der Waals surface area (Å²) in [6.45, 7) is 1.91. The molecule has 29 heavy (non-hydrogen) atoms. The first kappa shape index (κ1) is 19.4. The second-order valence-electron chi connectivity index (χ2n) is 6.42. The minimum absolute atomic E-state index is 0.290. The van der Waals surface area contributed by atoms with Crippen LogP contribution < -0.4 is 10.1 Å². The lowest BCUT2D eigenvalue weighted by atomic mass is 10.1. The molecule has 0 fully saturated rings. The van der Waals surface area contributed by atoms with E-state index in [2.05, 4.69) is 31.4 Å². The minimum Gasteiger partial charge on any atom is -0.497 e. The number of halogens is 2. The van der Waals surface area contributed by atoms with E-state index in [1.54, 1.807) is 30.1 Å². The Bertz CT molecular complexity index is 1220. The summed E-state index contributed by atoms with van der Waals surface area (Å²) in [7, 11) is 1.62. The predicted molar refractivity (Wildman–Crippen MR) is 117 cm³/mol. The Morgan fingerprint density at radius 3 is 2.45 bits per heavy atom. The van der Waals surface area contributed by atoms with E-state index in [4.69, 9.17) is 16.3 Å². The van der Waals surface area contributed by atoms with Gasteiger partial charge in [-0.15, -0.1) is 10.2 Å². The van der Waals surface area contributed by atoms with E-state index in [9.17, 15) is 4.79 Å². The molecule has 0 atom stereocenters. The fourth-order valence-corrected chi connectivity index (χ4v) is 3.46. The maximum Gasteiger partial charge on any atom is 0.257 e. The molecular formula is C21H16BrClN4O2. The fourth-order valence-electron chi connectivity index (χ4n) is 2.89. The zero-order valence-corrected chi connectivity index (χ0v) is 18.0. The van der Waals surface area contributed by atoms with Gasteiger partial charge < -0.3 is 10.1 Å². The molecule has 1 aromatic heterocycles. The molecule has 0 aliphatic rings. The van der Waals surface area contributed by atoms with E-state index in [-0.39, 0.29) is 5.91 Å². The van der Waals surface area contributed by atoms with Gasteiger partial charge in [0, 0.05) is 10.2 Å². The lowest BCUT2D eigenvalue weighted by Crippen LogP contribution is -2.13. The molecule has 0 saturated heterocycles. The summed E-state index contributed by atoms with van der Waals surface area (Å²) >= 11 is 9.53. The second kappa shape index (κ2) is 7.85. The van der Waals surface area contributed by atoms with Crippen LogP contribution in [0.2, 0.25) is 5.02 Å². The van der Waals surface area contributed by atoms with Crippen LogP contribution in [0.5, 0.6) is 5.75 Å². The Morgan fingerprint density at radius 1 is 1.07 bits per heavy atom. The van der Waals surface area contributed by atoms with Crippen molar-refractivity contribution in [2.75, 3.05) is 12.4 Å². The van der Waals surface area contributed by atoms with Crippen molar-refractivity contribution in [1.29, 1.82) is 0 Å². The smallest absolute Gasteiger partial charge is 0.257 e. The highest BCUT2D eigenvalue weighted by atomic mass is 79.9. The quantitative estimate of drug-likeness (QED) is 0.432. The van der Waals surface area contributed by atoms with Gasteiger partial charge in [-0.25, -0.2) is 0 Å². The molecule has 146 valence electrons. The molecule has 0 bridgehead atoms. The van der Waals surface area contributed by atoms with Crippen LogP contribution in [0.15, 0.2) is 59.1 Å². The molecule has 8 heteroatoms. The first-order valence-corrected chi connectivity index (χ1v) is 9.90. The molecule has 4 aromatic rings. The van der Waals surface area contributed by atoms with Crippen LogP contribution in [0.4, 0.5) is 5.69 Å². The first-order valence-electron chi connectivity index (χ1n) is 8.73. The van der Waals surface area contributed by atoms with Crippen molar-refractivity contribution in [2.24, 2.45) is 0 Å². The van der Waals surface area contributed by atoms with Crippen LogP contribution in [0.1, 0.15) is 15.9 Å². The lowest BCUT2D eigenvalue weighted by molar-refractivity contribution is 0.102. The molecule has 0 aliphatic carbocycles. The molecular weight excluding hydrogens is 456 g/mol. The van der Waals surface area contributed by atoms with Crippen LogP contribution in [0.3, 0.4) is 0 Å². The zero-order chi connectivity index (χ0) is 20.5. The van der Waals surface area contributed by atoms with Crippen LogP contribution in [-0.2, 0) is 0 Å². The van der Waals surface area contributed by atoms with Gasteiger partial charge in [-0.05, 0) is 67.1 Å². The Morgan fingerprint density at radius 2 is 1.76 bits per heavy atom. The van der Waals surface area contributed by atoms with Gasteiger partial charge in [0.05, 0.1) is 23.4 Å². The van der Waals surface area contributed by atoms with E-state index in [0.29, 0.717) is 21.8 Å². The highest BCUT2D eigenvalue weighted by molar-refractivity contribution is 9.10. The number of amides is 1. The number of carbonyl (C=O) groups is 1. The van der Waals surface area contributed by atoms with Gasteiger partial charge in [0.15, 0.2) is 0 Å². The number of ether oxygens (including phenoxy) is 1. The summed E-state index contributed by atoms with van der Waals surface area (Å²) in [4.78, 5) is 14.2. The van der Waals surface area contributed by atoms with Gasteiger partial charge >= 0.3 is 0 Å². The van der Waals surface area contributed by atoms with Crippen LogP contribution in [0.25, 0.3) is 16.7 Å². The number of fused-ring (bicyclic) bond motifs is 1. The van der Waals surface area contributed by atoms with E-state index >= 15 is 0 Å². The highest BCUT2D eigenvalue weighted by Gasteiger charge is 2.14. The number of hydrogen-bond donors (Lipinski definition) is 1. The number of benzene rings is 3. The summed E-state index contributed by atoms with van der Waals surface area (Å²) in [5.74, 6) is 0.471.